The van der Waals surface area contributed by atoms with Crippen LogP contribution in [0.1, 0.15) is 12.0 Å². The number of benzene rings is 2. The van der Waals surface area contributed by atoms with Gasteiger partial charge in [0.1, 0.15) is 6.04 Å². The first kappa shape index (κ1) is 14.8. The van der Waals surface area contributed by atoms with E-state index in [1.807, 2.05) is 54.6 Å². The van der Waals surface area contributed by atoms with Crippen LogP contribution >= 0.6 is 0 Å². The van der Waals surface area contributed by atoms with Crippen molar-refractivity contribution in [3.8, 4) is 0 Å². The van der Waals surface area contributed by atoms with Crippen molar-refractivity contribution in [2.45, 2.75) is 18.9 Å². The number of hydrogen-bond acceptors (Lipinski definition) is 2. The predicted octanol–water partition coefficient (Wildman–Crippen LogP) is 2.56. The van der Waals surface area contributed by atoms with Crippen LogP contribution in [-0.2, 0) is 11.2 Å². The largest absolute Gasteiger partial charge is 0.326 e. The molecule has 0 radical (unpaired) electrons. The van der Waals surface area contributed by atoms with Crippen molar-refractivity contribution < 1.29 is 9.59 Å². The van der Waals surface area contributed by atoms with E-state index >= 15 is 0 Å². The van der Waals surface area contributed by atoms with Crippen molar-refractivity contribution in [1.29, 1.82) is 0 Å². The fourth-order valence-corrected chi connectivity index (χ4v) is 3.45. The highest BCUT2D eigenvalue weighted by Gasteiger charge is 2.35. The Labute approximate surface area is 140 Å². The molecule has 2 aliphatic rings. The fraction of sp³-hybridized carbons (Fsp3) is 0.263. The molecule has 2 aliphatic heterocycles. The second-order valence-corrected chi connectivity index (χ2v) is 6.15. The van der Waals surface area contributed by atoms with Crippen molar-refractivity contribution in [3.05, 3.63) is 60.2 Å². The molecular weight excluding hydrogens is 302 g/mol. The maximum Gasteiger partial charge on any atom is 0.322 e. The van der Waals surface area contributed by atoms with Crippen LogP contribution < -0.4 is 15.1 Å². The lowest BCUT2D eigenvalue weighted by Gasteiger charge is -2.21. The molecule has 3 amide bonds. The quantitative estimate of drug-likeness (QED) is 0.924. The monoisotopic (exact) mass is 321 g/mol. The van der Waals surface area contributed by atoms with E-state index in [1.54, 1.807) is 9.80 Å². The van der Waals surface area contributed by atoms with E-state index in [-0.39, 0.29) is 11.9 Å². The van der Waals surface area contributed by atoms with Gasteiger partial charge in [-0.3, -0.25) is 9.69 Å². The summed E-state index contributed by atoms with van der Waals surface area (Å²) in [5.41, 5.74) is 3.00. The Bertz CT molecular complexity index is 775. The van der Waals surface area contributed by atoms with Gasteiger partial charge in [-0.2, -0.15) is 0 Å². The lowest BCUT2D eigenvalue weighted by molar-refractivity contribution is -0.118. The van der Waals surface area contributed by atoms with Crippen LogP contribution in [0.5, 0.6) is 0 Å². The molecule has 2 heterocycles. The van der Waals surface area contributed by atoms with Gasteiger partial charge in [-0.1, -0.05) is 36.4 Å². The van der Waals surface area contributed by atoms with Gasteiger partial charge in [-0.05, 0) is 36.6 Å². The molecule has 2 aromatic carbocycles. The van der Waals surface area contributed by atoms with Crippen LogP contribution in [-0.4, -0.2) is 31.1 Å². The van der Waals surface area contributed by atoms with Gasteiger partial charge in [-0.25, -0.2) is 4.79 Å². The van der Waals surface area contributed by atoms with Gasteiger partial charge >= 0.3 is 6.03 Å². The molecule has 0 bridgehead atoms. The summed E-state index contributed by atoms with van der Waals surface area (Å²) in [5, 5.41) is 2.91. The Kier molecular flexibility index (Phi) is 3.69. The van der Waals surface area contributed by atoms with Gasteiger partial charge in [0.15, 0.2) is 0 Å². The van der Waals surface area contributed by atoms with Crippen molar-refractivity contribution >= 4 is 23.3 Å². The zero-order chi connectivity index (χ0) is 16.5. The number of urea groups is 1. The summed E-state index contributed by atoms with van der Waals surface area (Å²) in [6, 6.07) is 16.9. The summed E-state index contributed by atoms with van der Waals surface area (Å²) in [6.45, 7) is 1.29. The summed E-state index contributed by atoms with van der Waals surface area (Å²) in [5.74, 6) is -0.0398. The molecular formula is C19H19N3O2. The molecule has 0 aromatic heterocycles. The zero-order valence-corrected chi connectivity index (χ0v) is 13.3. The van der Waals surface area contributed by atoms with E-state index < -0.39 is 6.04 Å². The van der Waals surface area contributed by atoms with Crippen LogP contribution in [0, 0.1) is 0 Å². The number of rotatable bonds is 2. The highest BCUT2D eigenvalue weighted by molar-refractivity contribution is 6.03. The van der Waals surface area contributed by atoms with E-state index in [0.29, 0.717) is 19.5 Å². The van der Waals surface area contributed by atoms with Crippen LogP contribution in [0.2, 0.25) is 0 Å². The van der Waals surface area contributed by atoms with Crippen molar-refractivity contribution in [2.24, 2.45) is 0 Å². The Hall–Kier alpha value is -2.82. The molecule has 0 saturated carbocycles. The molecule has 1 unspecified atom stereocenters. The summed E-state index contributed by atoms with van der Waals surface area (Å²) < 4.78 is 0. The zero-order valence-electron chi connectivity index (χ0n) is 13.3. The standard InChI is InChI=1S/C19H19N3O2/c23-18-16(11-13-21(18)15-7-2-1-3-8-15)20-19(24)22-12-10-14-6-4-5-9-17(14)22/h1-9,16H,10-13H2,(H,20,24). The normalized spacial score (nSPS) is 19.5. The lowest BCUT2D eigenvalue weighted by Crippen LogP contribution is -2.47. The first-order valence-electron chi connectivity index (χ1n) is 8.26. The van der Waals surface area contributed by atoms with Crippen molar-refractivity contribution in [1.82, 2.24) is 5.32 Å². The molecule has 0 aliphatic carbocycles. The fourth-order valence-electron chi connectivity index (χ4n) is 3.45. The topological polar surface area (TPSA) is 52.7 Å². The molecule has 2 aromatic rings. The summed E-state index contributed by atoms with van der Waals surface area (Å²) in [4.78, 5) is 28.7. The molecule has 0 spiro atoms. The number of nitrogens with one attached hydrogen (secondary N) is 1. The van der Waals surface area contributed by atoms with Gasteiger partial charge in [0, 0.05) is 24.5 Å². The number of fused-ring (bicyclic) bond motifs is 1. The number of amides is 3. The highest BCUT2D eigenvalue weighted by Crippen LogP contribution is 2.28. The minimum Gasteiger partial charge on any atom is -0.326 e. The molecule has 24 heavy (non-hydrogen) atoms. The molecule has 5 heteroatoms. The van der Waals surface area contributed by atoms with E-state index in [2.05, 4.69) is 5.32 Å². The Morgan fingerprint density at radius 3 is 2.58 bits per heavy atom. The van der Waals surface area contributed by atoms with Crippen LogP contribution in [0.15, 0.2) is 54.6 Å². The first-order chi connectivity index (χ1) is 11.7. The number of hydrogen-bond donors (Lipinski definition) is 1. The van der Waals surface area contributed by atoms with Crippen LogP contribution in [0.4, 0.5) is 16.2 Å². The van der Waals surface area contributed by atoms with Gasteiger partial charge < -0.3 is 10.2 Å². The van der Waals surface area contributed by atoms with Gasteiger partial charge in [0.25, 0.3) is 0 Å². The Morgan fingerprint density at radius 1 is 1.00 bits per heavy atom. The summed E-state index contributed by atoms with van der Waals surface area (Å²) in [6.07, 6.45) is 1.49. The molecule has 5 nitrogen and oxygen atoms in total. The van der Waals surface area contributed by atoms with Gasteiger partial charge in [-0.15, -0.1) is 0 Å². The second-order valence-electron chi connectivity index (χ2n) is 6.15. The Morgan fingerprint density at radius 2 is 1.75 bits per heavy atom. The highest BCUT2D eigenvalue weighted by atomic mass is 16.2. The average molecular weight is 321 g/mol. The lowest BCUT2D eigenvalue weighted by atomic mass is 10.2. The average Bonchev–Trinajstić information content (AvgIpc) is 3.20. The first-order valence-corrected chi connectivity index (χ1v) is 8.26. The number of para-hydroxylation sites is 2. The number of anilines is 2. The molecule has 1 fully saturated rings. The second kappa shape index (κ2) is 6.00. The molecule has 1 saturated heterocycles. The van der Waals surface area contributed by atoms with Crippen LogP contribution in [0.25, 0.3) is 0 Å². The summed E-state index contributed by atoms with van der Waals surface area (Å²) in [7, 11) is 0. The minimum atomic E-state index is -0.453. The SMILES string of the molecule is O=C1C(NC(=O)N2CCc3ccccc32)CCN1c1ccccc1. The molecule has 1 N–H and O–H groups in total. The van der Waals surface area contributed by atoms with E-state index in [1.165, 1.54) is 5.56 Å². The third-order valence-electron chi connectivity index (χ3n) is 4.70. The minimum absolute atomic E-state index is 0.0398. The van der Waals surface area contributed by atoms with E-state index in [0.717, 1.165) is 17.8 Å². The number of carbonyl (C=O) groups excluding carboxylic acids is 2. The van der Waals surface area contributed by atoms with Crippen LogP contribution in [0.3, 0.4) is 0 Å². The van der Waals surface area contributed by atoms with Crippen molar-refractivity contribution in [3.63, 3.8) is 0 Å². The van der Waals surface area contributed by atoms with E-state index in [9.17, 15) is 9.59 Å². The molecule has 122 valence electrons. The van der Waals surface area contributed by atoms with Crippen molar-refractivity contribution in [2.75, 3.05) is 22.9 Å². The number of nitrogens with zero attached hydrogens (tertiary/aromatic N) is 2. The van der Waals surface area contributed by atoms with Gasteiger partial charge in [0.2, 0.25) is 5.91 Å². The smallest absolute Gasteiger partial charge is 0.322 e. The van der Waals surface area contributed by atoms with E-state index in [4.69, 9.17) is 0 Å². The predicted molar refractivity (Wildman–Crippen MR) is 93.2 cm³/mol. The molecule has 4 rings (SSSR count). The maximum atomic E-state index is 12.6. The molecule has 1 atom stereocenters. The van der Waals surface area contributed by atoms with Gasteiger partial charge in [0.05, 0.1) is 0 Å². The third-order valence-corrected chi connectivity index (χ3v) is 4.70. The maximum absolute atomic E-state index is 12.6. The number of carbonyl (C=O) groups is 2. The Balaban J connectivity index is 1.45. The third kappa shape index (κ3) is 2.52. The summed E-state index contributed by atoms with van der Waals surface area (Å²) >= 11 is 0.